The fourth-order valence-electron chi connectivity index (χ4n) is 4.03. The van der Waals surface area contributed by atoms with Crippen LogP contribution in [0.25, 0.3) is 0 Å². The number of furan rings is 1. The number of aryl methyl sites for hydroxylation is 1. The Morgan fingerprint density at radius 3 is 2.65 bits per heavy atom. The summed E-state index contributed by atoms with van der Waals surface area (Å²) in [5.74, 6) is 0.698. The van der Waals surface area contributed by atoms with Crippen LogP contribution >= 0.6 is 22.9 Å². The Kier molecular flexibility index (Phi) is 6.78. The smallest absolute Gasteiger partial charge is 0.251 e. The molecule has 0 spiro atoms. The first kappa shape index (κ1) is 21.7. The molecule has 0 aliphatic heterocycles. The fraction of sp³-hybridized carbons (Fsp3) is 0.333. The van der Waals surface area contributed by atoms with Crippen LogP contribution in [0.1, 0.15) is 48.1 Å². The number of benzene rings is 1. The Morgan fingerprint density at radius 2 is 2.00 bits per heavy atom. The Hall–Kier alpha value is -2.57. The number of nitrogens with zero attached hydrogens (tertiary/aromatic N) is 1. The van der Waals surface area contributed by atoms with E-state index in [2.05, 4.69) is 5.32 Å². The molecular weight excluding hydrogens is 432 g/mol. The number of anilines is 1. The minimum absolute atomic E-state index is 0.125. The van der Waals surface area contributed by atoms with E-state index in [1.54, 1.807) is 30.3 Å². The predicted molar refractivity (Wildman–Crippen MR) is 124 cm³/mol. The number of carbonyl (C=O) groups is 2. The SMILES string of the molecule is Cc1ccc([C@H](C(=O)NC2CCCC2)N(C(=O)Cc2cccs2)c2cccc(Cl)c2)o1. The molecule has 3 aromatic rings. The molecule has 1 aliphatic rings. The highest BCUT2D eigenvalue weighted by atomic mass is 35.5. The standard InChI is InChI=1S/C24H25ClN2O3S/c1-16-11-12-21(30-16)23(24(29)26-18-7-2-3-8-18)27(19-9-4-6-17(25)14-19)22(28)15-20-10-5-13-31-20/h4-6,9-14,18,23H,2-3,7-8,15H2,1H3,(H,26,29)/t23-/m1/s1. The second-order valence-corrected chi connectivity index (χ2v) is 9.31. The number of hydrogen-bond donors (Lipinski definition) is 1. The number of nitrogens with one attached hydrogen (secondary N) is 1. The molecule has 0 saturated heterocycles. The van der Waals surface area contributed by atoms with Crippen molar-refractivity contribution in [2.75, 3.05) is 4.90 Å². The van der Waals surface area contributed by atoms with E-state index in [9.17, 15) is 9.59 Å². The van der Waals surface area contributed by atoms with Crippen molar-refractivity contribution in [3.8, 4) is 0 Å². The lowest BCUT2D eigenvalue weighted by atomic mass is 10.1. The first-order valence-electron chi connectivity index (χ1n) is 10.5. The summed E-state index contributed by atoms with van der Waals surface area (Å²) in [5, 5.41) is 5.58. The van der Waals surface area contributed by atoms with Gasteiger partial charge in [-0.2, -0.15) is 0 Å². The summed E-state index contributed by atoms with van der Waals surface area (Å²) in [5.41, 5.74) is 0.565. The summed E-state index contributed by atoms with van der Waals surface area (Å²) in [6, 6.07) is 13.7. The zero-order valence-corrected chi connectivity index (χ0v) is 18.9. The lowest BCUT2D eigenvalue weighted by molar-refractivity contribution is -0.127. The molecule has 0 unspecified atom stereocenters. The van der Waals surface area contributed by atoms with Gasteiger partial charge in [-0.3, -0.25) is 14.5 Å². The Morgan fingerprint density at radius 1 is 1.19 bits per heavy atom. The van der Waals surface area contributed by atoms with Crippen LogP contribution in [0.15, 0.2) is 58.3 Å². The second-order valence-electron chi connectivity index (χ2n) is 7.84. The molecule has 162 valence electrons. The predicted octanol–water partition coefficient (Wildman–Crippen LogP) is 5.68. The summed E-state index contributed by atoms with van der Waals surface area (Å²) < 4.78 is 5.86. The Labute approximate surface area is 191 Å². The highest BCUT2D eigenvalue weighted by Crippen LogP contribution is 2.32. The summed E-state index contributed by atoms with van der Waals surface area (Å²) in [6.07, 6.45) is 4.30. The molecule has 1 saturated carbocycles. The van der Waals surface area contributed by atoms with Gasteiger partial charge in [-0.05, 0) is 61.5 Å². The van der Waals surface area contributed by atoms with Crippen molar-refractivity contribution in [2.45, 2.75) is 51.1 Å². The molecule has 1 aromatic carbocycles. The van der Waals surface area contributed by atoms with Crippen molar-refractivity contribution in [3.63, 3.8) is 0 Å². The highest BCUT2D eigenvalue weighted by Gasteiger charge is 2.36. The van der Waals surface area contributed by atoms with E-state index >= 15 is 0 Å². The molecular formula is C24H25ClN2O3S. The highest BCUT2D eigenvalue weighted by molar-refractivity contribution is 7.10. The molecule has 0 radical (unpaired) electrons. The minimum Gasteiger partial charge on any atom is -0.464 e. The van der Waals surface area contributed by atoms with Crippen molar-refractivity contribution in [2.24, 2.45) is 0 Å². The molecule has 7 heteroatoms. The molecule has 2 aromatic heterocycles. The van der Waals surface area contributed by atoms with Gasteiger partial charge in [0.15, 0.2) is 6.04 Å². The van der Waals surface area contributed by atoms with Crippen molar-refractivity contribution in [3.05, 3.63) is 75.3 Å². The van der Waals surface area contributed by atoms with Crippen molar-refractivity contribution >= 4 is 40.4 Å². The first-order chi connectivity index (χ1) is 15.0. The molecule has 1 N–H and O–H groups in total. The van der Waals surface area contributed by atoms with Gasteiger partial charge in [0, 0.05) is 21.6 Å². The van der Waals surface area contributed by atoms with Crippen LogP contribution in [-0.4, -0.2) is 17.9 Å². The number of halogens is 1. The van der Waals surface area contributed by atoms with E-state index in [4.69, 9.17) is 16.0 Å². The Bertz CT molecular complexity index is 1040. The van der Waals surface area contributed by atoms with Gasteiger partial charge >= 0.3 is 0 Å². The van der Waals surface area contributed by atoms with E-state index in [0.717, 1.165) is 30.6 Å². The van der Waals surface area contributed by atoms with E-state index in [-0.39, 0.29) is 24.3 Å². The van der Waals surface area contributed by atoms with Crippen molar-refractivity contribution in [1.29, 1.82) is 0 Å². The van der Waals surface area contributed by atoms with Gasteiger partial charge in [-0.25, -0.2) is 0 Å². The summed E-state index contributed by atoms with van der Waals surface area (Å²) >= 11 is 7.76. The van der Waals surface area contributed by atoms with Crippen LogP contribution in [0.4, 0.5) is 5.69 Å². The molecule has 1 fully saturated rings. The fourth-order valence-corrected chi connectivity index (χ4v) is 4.92. The maximum atomic E-state index is 13.6. The van der Waals surface area contributed by atoms with E-state index in [1.165, 1.54) is 16.2 Å². The lowest BCUT2D eigenvalue weighted by Crippen LogP contribution is -2.46. The van der Waals surface area contributed by atoms with Gasteiger partial charge in [0.05, 0.1) is 6.42 Å². The summed E-state index contributed by atoms with van der Waals surface area (Å²) in [7, 11) is 0. The van der Waals surface area contributed by atoms with Crippen molar-refractivity contribution < 1.29 is 14.0 Å². The van der Waals surface area contributed by atoms with Gasteiger partial charge in [0.1, 0.15) is 11.5 Å². The average molecular weight is 457 g/mol. The van der Waals surface area contributed by atoms with E-state index < -0.39 is 6.04 Å². The number of hydrogen-bond acceptors (Lipinski definition) is 4. The second kappa shape index (κ2) is 9.71. The number of rotatable bonds is 7. The quantitative estimate of drug-likeness (QED) is 0.497. The maximum Gasteiger partial charge on any atom is 0.251 e. The molecule has 1 atom stereocenters. The third kappa shape index (κ3) is 5.20. The molecule has 5 nitrogen and oxygen atoms in total. The molecule has 2 heterocycles. The Balaban J connectivity index is 1.74. The third-order valence-electron chi connectivity index (χ3n) is 5.50. The number of thiophene rings is 1. The van der Waals surface area contributed by atoms with Crippen LogP contribution in [0.3, 0.4) is 0 Å². The maximum absolute atomic E-state index is 13.6. The number of amides is 2. The zero-order valence-electron chi connectivity index (χ0n) is 17.3. The summed E-state index contributed by atoms with van der Waals surface area (Å²) in [6.45, 7) is 1.83. The van der Waals surface area contributed by atoms with Crippen molar-refractivity contribution in [1.82, 2.24) is 5.32 Å². The largest absolute Gasteiger partial charge is 0.464 e. The lowest BCUT2D eigenvalue weighted by Gasteiger charge is -2.31. The minimum atomic E-state index is -0.916. The van der Waals surface area contributed by atoms with Gasteiger partial charge in [-0.1, -0.05) is 36.6 Å². The molecule has 4 rings (SSSR count). The van der Waals surface area contributed by atoms with Crippen LogP contribution < -0.4 is 10.2 Å². The van der Waals surface area contributed by atoms with Crippen LogP contribution in [0.5, 0.6) is 0 Å². The molecule has 2 amide bonds. The van der Waals surface area contributed by atoms with Crippen LogP contribution in [0, 0.1) is 6.92 Å². The normalized spacial score (nSPS) is 15.0. The molecule has 0 bridgehead atoms. The molecule has 31 heavy (non-hydrogen) atoms. The van der Waals surface area contributed by atoms with Crippen LogP contribution in [-0.2, 0) is 16.0 Å². The third-order valence-corrected chi connectivity index (χ3v) is 6.61. The molecule has 1 aliphatic carbocycles. The van der Waals surface area contributed by atoms with Gasteiger partial charge in [0.25, 0.3) is 5.91 Å². The van der Waals surface area contributed by atoms with Gasteiger partial charge in [-0.15, -0.1) is 11.3 Å². The topological polar surface area (TPSA) is 62.6 Å². The van der Waals surface area contributed by atoms with Gasteiger partial charge < -0.3 is 9.73 Å². The zero-order chi connectivity index (χ0) is 21.8. The summed E-state index contributed by atoms with van der Waals surface area (Å²) in [4.78, 5) is 29.5. The van der Waals surface area contributed by atoms with Gasteiger partial charge in [0.2, 0.25) is 5.91 Å². The van der Waals surface area contributed by atoms with E-state index in [0.29, 0.717) is 22.2 Å². The average Bonchev–Trinajstić information content (AvgIpc) is 3.49. The van der Waals surface area contributed by atoms with Crippen LogP contribution in [0.2, 0.25) is 5.02 Å². The number of carbonyl (C=O) groups excluding carboxylic acids is 2. The first-order valence-corrected chi connectivity index (χ1v) is 11.7. The monoisotopic (exact) mass is 456 g/mol. The van der Waals surface area contributed by atoms with E-state index in [1.807, 2.05) is 30.5 Å².